The molecule has 0 atom stereocenters. The lowest BCUT2D eigenvalue weighted by Crippen LogP contribution is -2.19. The molecule has 1 aliphatic rings. The van der Waals surface area contributed by atoms with Gasteiger partial charge in [-0.05, 0) is 41.5 Å². The van der Waals surface area contributed by atoms with Crippen molar-refractivity contribution < 1.29 is 0 Å². The minimum Gasteiger partial charge on any atom is -0.371 e. The van der Waals surface area contributed by atoms with Gasteiger partial charge in [0.2, 0.25) is 0 Å². The van der Waals surface area contributed by atoms with Gasteiger partial charge in [-0.25, -0.2) is 0 Å². The first-order valence-corrected chi connectivity index (χ1v) is 8.00. The summed E-state index contributed by atoms with van der Waals surface area (Å²) >= 11 is 0. The molecular weight excluding hydrogens is 254 g/mol. The predicted octanol–water partition coefficient (Wildman–Crippen LogP) is 5.25. The monoisotopic (exact) mass is 279 g/mol. The maximum Gasteiger partial charge on any atom is 0.0446 e. The number of rotatable bonds is 2. The van der Waals surface area contributed by atoms with Gasteiger partial charge in [0.1, 0.15) is 0 Å². The highest BCUT2D eigenvalue weighted by molar-refractivity contribution is 5.79. The lowest BCUT2D eigenvalue weighted by molar-refractivity contribution is 0.590. The molecule has 21 heavy (non-hydrogen) atoms. The summed E-state index contributed by atoms with van der Waals surface area (Å²) in [5, 5.41) is 0. The van der Waals surface area contributed by atoms with Crippen LogP contribution >= 0.6 is 0 Å². The fourth-order valence-electron chi connectivity index (χ4n) is 3.09. The number of hydrogen-bond donors (Lipinski definition) is 0. The van der Waals surface area contributed by atoms with Crippen molar-refractivity contribution in [1.29, 1.82) is 0 Å². The Bertz CT molecular complexity index is 601. The maximum atomic E-state index is 2.54. The Morgan fingerprint density at radius 1 is 0.857 bits per heavy atom. The molecule has 1 fully saturated rings. The molecule has 2 aromatic rings. The van der Waals surface area contributed by atoms with E-state index >= 15 is 0 Å². The summed E-state index contributed by atoms with van der Waals surface area (Å²) in [4.78, 5) is 2.54. The van der Waals surface area contributed by atoms with Crippen molar-refractivity contribution >= 4 is 5.69 Å². The summed E-state index contributed by atoms with van der Waals surface area (Å²) in [6, 6.07) is 17.8. The Morgan fingerprint density at radius 2 is 1.52 bits per heavy atom. The third kappa shape index (κ3) is 2.97. The minimum absolute atomic E-state index is 0.188. The fraction of sp³-hybridized carbons (Fsp3) is 0.400. The Labute approximate surface area is 128 Å². The highest BCUT2D eigenvalue weighted by Crippen LogP contribution is 2.36. The van der Waals surface area contributed by atoms with E-state index in [0.717, 1.165) is 0 Å². The fourth-order valence-corrected chi connectivity index (χ4v) is 3.09. The number of nitrogens with zero attached hydrogens (tertiary/aromatic N) is 1. The third-order valence-corrected chi connectivity index (χ3v) is 4.39. The van der Waals surface area contributed by atoms with Crippen LogP contribution in [0.2, 0.25) is 0 Å². The smallest absolute Gasteiger partial charge is 0.0446 e. The van der Waals surface area contributed by atoms with Gasteiger partial charge in [0.25, 0.3) is 0 Å². The van der Waals surface area contributed by atoms with E-state index in [0.29, 0.717) is 0 Å². The van der Waals surface area contributed by atoms with Crippen molar-refractivity contribution in [3.05, 3.63) is 54.1 Å². The van der Waals surface area contributed by atoms with Crippen molar-refractivity contribution in [1.82, 2.24) is 0 Å². The lowest BCUT2D eigenvalue weighted by Gasteiger charge is -2.26. The van der Waals surface area contributed by atoms with Gasteiger partial charge in [-0.2, -0.15) is 0 Å². The first kappa shape index (κ1) is 14.2. The summed E-state index contributed by atoms with van der Waals surface area (Å²) in [5.41, 5.74) is 5.69. The van der Waals surface area contributed by atoms with Crippen LogP contribution in [0, 0.1) is 0 Å². The molecular formula is C20H25N. The Hall–Kier alpha value is -1.76. The summed E-state index contributed by atoms with van der Waals surface area (Å²) in [7, 11) is 0. The minimum atomic E-state index is 0.188. The molecule has 0 radical (unpaired) electrons. The van der Waals surface area contributed by atoms with Crippen molar-refractivity contribution in [2.75, 3.05) is 18.0 Å². The van der Waals surface area contributed by atoms with Crippen LogP contribution in [0.4, 0.5) is 5.69 Å². The predicted molar refractivity (Wildman–Crippen MR) is 92.0 cm³/mol. The van der Waals surface area contributed by atoms with E-state index in [1.165, 1.54) is 48.3 Å². The average molecular weight is 279 g/mol. The largest absolute Gasteiger partial charge is 0.371 e. The van der Waals surface area contributed by atoms with Gasteiger partial charge >= 0.3 is 0 Å². The van der Waals surface area contributed by atoms with Crippen LogP contribution in [0.1, 0.15) is 39.2 Å². The summed E-state index contributed by atoms with van der Waals surface area (Å²) in [6.45, 7) is 9.23. The van der Waals surface area contributed by atoms with Gasteiger partial charge in [0, 0.05) is 24.3 Å². The SMILES string of the molecule is CC(C)(C)c1ccc(N2CCCC2)c(-c2ccccc2)c1. The zero-order valence-corrected chi connectivity index (χ0v) is 13.4. The van der Waals surface area contributed by atoms with Crippen molar-refractivity contribution in [2.24, 2.45) is 0 Å². The lowest BCUT2D eigenvalue weighted by atomic mass is 9.85. The Morgan fingerprint density at radius 3 is 2.14 bits per heavy atom. The van der Waals surface area contributed by atoms with Crippen LogP contribution in [0.25, 0.3) is 11.1 Å². The summed E-state index contributed by atoms with van der Waals surface area (Å²) in [6.07, 6.45) is 2.63. The maximum absolute atomic E-state index is 2.54. The molecule has 1 aliphatic heterocycles. The molecule has 3 rings (SSSR count). The first-order chi connectivity index (χ1) is 10.1. The second kappa shape index (κ2) is 5.55. The van der Waals surface area contributed by atoms with E-state index < -0.39 is 0 Å². The molecule has 0 spiro atoms. The van der Waals surface area contributed by atoms with Gasteiger partial charge in [-0.1, -0.05) is 57.2 Å². The molecule has 1 saturated heterocycles. The molecule has 1 heterocycles. The highest BCUT2D eigenvalue weighted by atomic mass is 15.1. The quantitative estimate of drug-likeness (QED) is 0.725. The molecule has 1 nitrogen and oxygen atoms in total. The zero-order chi connectivity index (χ0) is 14.9. The van der Waals surface area contributed by atoms with Crippen LogP contribution in [0.5, 0.6) is 0 Å². The van der Waals surface area contributed by atoms with Gasteiger partial charge in [-0.15, -0.1) is 0 Å². The van der Waals surface area contributed by atoms with Crippen molar-refractivity contribution in [3.8, 4) is 11.1 Å². The van der Waals surface area contributed by atoms with Crippen molar-refractivity contribution in [2.45, 2.75) is 39.0 Å². The van der Waals surface area contributed by atoms with Crippen LogP contribution in [-0.4, -0.2) is 13.1 Å². The van der Waals surface area contributed by atoms with Crippen LogP contribution < -0.4 is 4.90 Å². The van der Waals surface area contributed by atoms with Crippen LogP contribution in [0.3, 0.4) is 0 Å². The normalized spacial score (nSPS) is 15.5. The topological polar surface area (TPSA) is 3.24 Å². The Balaban J connectivity index is 2.12. The molecule has 0 unspecified atom stereocenters. The first-order valence-electron chi connectivity index (χ1n) is 8.00. The molecule has 0 aromatic heterocycles. The highest BCUT2D eigenvalue weighted by Gasteiger charge is 2.20. The second-order valence-corrected chi connectivity index (χ2v) is 7.04. The standard InChI is InChI=1S/C20H25N/c1-20(2,3)17-11-12-19(21-13-7-8-14-21)18(15-17)16-9-5-4-6-10-16/h4-6,9-12,15H,7-8,13-14H2,1-3H3. The summed E-state index contributed by atoms with van der Waals surface area (Å²) < 4.78 is 0. The van der Waals surface area contributed by atoms with Gasteiger partial charge in [0.05, 0.1) is 0 Å². The number of hydrogen-bond acceptors (Lipinski definition) is 1. The van der Waals surface area contributed by atoms with E-state index in [1.807, 2.05) is 0 Å². The second-order valence-electron chi connectivity index (χ2n) is 7.04. The molecule has 2 aromatic carbocycles. The van der Waals surface area contributed by atoms with Crippen LogP contribution in [-0.2, 0) is 5.41 Å². The molecule has 0 aliphatic carbocycles. The molecule has 110 valence electrons. The van der Waals surface area contributed by atoms with E-state index in [2.05, 4.69) is 74.2 Å². The average Bonchev–Trinajstić information content (AvgIpc) is 3.01. The molecule has 0 N–H and O–H groups in total. The van der Waals surface area contributed by atoms with Crippen molar-refractivity contribution in [3.63, 3.8) is 0 Å². The summed E-state index contributed by atoms with van der Waals surface area (Å²) in [5.74, 6) is 0. The van der Waals surface area contributed by atoms with Gasteiger partial charge < -0.3 is 4.90 Å². The van der Waals surface area contributed by atoms with E-state index in [4.69, 9.17) is 0 Å². The van der Waals surface area contributed by atoms with Crippen LogP contribution in [0.15, 0.2) is 48.5 Å². The van der Waals surface area contributed by atoms with E-state index in [-0.39, 0.29) is 5.41 Å². The molecule has 0 saturated carbocycles. The molecule has 0 bridgehead atoms. The van der Waals surface area contributed by atoms with Gasteiger partial charge in [0.15, 0.2) is 0 Å². The molecule has 0 amide bonds. The molecule has 1 heteroatoms. The number of benzene rings is 2. The zero-order valence-electron chi connectivity index (χ0n) is 13.4. The van der Waals surface area contributed by atoms with E-state index in [9.17, 15) is 0 Å². The third-order valence-electron chi connectivity index (χ3n) is 4.39. The van der Waals surface area contributed by atoms with E-state index in [1.54, 1.807) is 0 Å². The number of anilines is 1. The van der Waals surface area contributed by atoms with Gasteiger partial charge in [-0.3, -0.25) is 0 Å². The Kier molecular flexibility index (Phi) is 3.75.